The summed E-state index contributed by atoms with van der Waals surface area (Å²) in [5.41, 5.74) is 1.94. The zero-order chi connectivity index (χ0) is 15.2. The SMILES string of the molecule is CC(C)(C)C1CCC(n2c(=O)[nH]c3cnc(Cl)cc32)CC1. The molecule has 2 heterocycles. The van der Waals surface area contributed by atoms with E-state index >= 15 is 0 Å². The standard InChI is InChI=1S/C16H22ClN3O/c1-16(2,3)10-4-6-11(7-5-10)20-13-8-14(17)18-9-12(13)19-15(20)21/h8-11H,4-7H2,1-3H3,(H,19,21). The topological polar surface area (TPSA) is 50.7 Å². The fourth-order valence-electron chi connectivity index (χ4n) is 3.56. The quantitative estimate of drug-likeness (QED) is 0.804. The molecule has 1 saturated carbocycles. The van der Waals surface area contributed by atoms with Crippen molar-refractivity contribution < 1.29 is 0 Å². The zero-order valence-corrected chi connectivity index (χ0v) is 13.6. The molecule has 0 atom stereocenters. The minimum absolute atomic E-state index is 0.0479. The van der Waals surface area contributed by atoms with Crippen LogP contribution >= 0.6 is 11.6 Å². The summed E-state index contributed by atoms with van der Waals surface area (Å²) < 4.78 is 1.88. The Morgan fingerprint density at radius 2 is 1.95 bits per heavy atom. The van der Waals surface area contributed by atoms with E-state index in [-0.39, 0.29) is 11.7 Å². The molecule has 0 radical (unpaired) electrons. The number of aromatic nitrogens is 3. The third-order valence-corrected chi connectivity index (χ3v) is 5.06. The summed E-state index contributed by atoms with van der Waals surface area (Å²) in [6.45, 7) is 6.92. The summed E-state index contributed by atoms with van der Waals surface area (Å²) in [7, 11) is 0. The number of fused-ring (bicyclic) bond motifs is 1. The molecule has 0 aromatic carbocycles. The second-order valence-corrected chi connectivity index (χ2v) is 7.58. The number of nitrogens with zero attached hydrogens (tertiary/aromatic N) is 2. The third-order valence-electron chi connectivity index (χ3n) is 4.86. The van der Waals surface area contributed by atoms with Crippen LogP contribution in [0, 0.1) is 11.3 Å². The van der Waals surface area contributed by atoms with Gasteiger partial charge in [-0.1, -0.05) is 32.4 Å². The lowest BCUT2D eigenvalue weighted by molar-refractivity contribution is 0.152. The molecule has 0 aliphatic heterocycles. The van der Waals surface area contributed by atoms with Crippen LogP contribution in [0.25, 0.3) is 11.0 Å². The van der Waals surface area contributed by atoms with E-state index in [4.69, 9.17) is 11.6 Å². The average molecular weight is 308 g/mol. The molecule has 1 aliphatic carbocycles. The van der Waals surface area contributed by atoms with E-state index in [0.29, 0.717) is 10.6 Å². The van der Waals surface area contributed by atoms with Gasteiger partial charge in [-0.15, -0.1) is 0 Å². The molecule has 2 aromatic rings. The monoisotopic (exact) mass is 307 g/mol. The van der Waals surface area contributed by atoms with Gasteiger partial charge in [0.1, 0.15) is 5.15 Å². The van der Waals surface area contributed by atoms with E-state index in [2.05, 4.69) is 30.7 Å². The van der Waals surface area contributed by atoms with Crippen molar-refractivity contribution in [3.05, 3.63) is 27.9 Å². The van der Waals surface area contributed by atoms with Gasteiger partial charge in [0.05, 0.1) is 17.2 Å². The second kappa shape index (κ2) is 5.16. The highest BCUT2D eigenvalue weighted by atomic mass is 35.5. The molecule has 0 spiro atoms. The van der Waals surface area contributed by atoms with Crippen molar-refractivity contribution in [3.8, 4) is 0 Å². The first-order valence-electron chi connectivity index (χ1n) is 7.62. The van der Waals surface area contributed by atoms with Gasteiger partial charge >= 0.3 is 5.69 Å². The summed E-state index contributed by atoms with van der Waals surface area (Å²) in [6, 6.07) is 2.05. The number of hydrogen-bond donors (Lipinski definition) is 1. The van der Waals surface area contributed by atoms with Crippen LogP contribution in [-0.4, -0.2) is 14.5 Å². The van der Waals surface area contributed by atoms with Crippen LogP contribution in [0.4, 0.5) is 0 Å². The van der Waals surface area contributed by atoms with Gasteiger partial charge in [-0.3, -0.25) is 4.57 Å². The minimum Gasteiger partial charge on any atom is -0.304 e. The van der Waals surface area contributed by atoms with Crippen molar-refractivity contribution in [2.75, 3.05) is 0 Å². The van der Waals surface area contributed by atoms with Crippen LogP contribution in [0.2, 0.25) is 5.15 Å². The highest BCUT2D eigenvalue weighted by Crippen LogP contribution is 2.41. The van der Waals surface area contributed by atoms with Crippen molar-refractivity contribution in [2.45, 2.75) is 52.5 Å². The molecule has 0 saturated heterocycles. The normalized spacial score (nSPS) is 23.6. The van der Waals surface area contributed by atoms with Gasteiger partial charge in [-0.2, -0.15) is 0 Å². The highest BCUT2D eigenvalue weighted by Gasteiger charge is 2.31. The van der Waals surface area contributed by atoms with Crippen molar-refractivity contribution >= 4 is 22.6 Å². The number of aromatic amines is 1. The third kappa shape index (κ3) is 2.73. The largest absolute Gasteiger partial charge is 0.326 e. The van der Waals surface area contributed by atoms with Crippen LogP contribution in [0.1, 0.15) is 52.5 Å². The van der Waals surface area contributed by atoms with E-state index in [1.54, 1.807) is 12.3 Å². The first-order chi connectivity index (χ1) is 9.86. The molecule has 2 aromatic heterocycles. The molecule has 5 heteroatoms. The smallest absolute Gasteiger partial charge is 0.304 e. The summed E-state index contributed by atoms with van der Waals surface area (Å²) in [5.74, 6) is 0.736. The Morgan fingerprint density at radius 1 is 1.29 bits per heavy atom. The number of nitrogens with one attached hydrogen (secondary N) is 1. The number of pyridine rings is 1. The zero-order valence-electron chi connectivity index (χ0n) is 12.8. The van der Waals surface area contributed by atoms with Crippen LogP contribution in [0.15, 0.2) is 17.1 Å². The summed E-state index contributed by atoms with van der Waals surface area (Å²) >= 11 is 5.98. The molecule has 0 bridgehead atoms. The van der Waals surface area contributed by atoms with Crippen LogP contribution in [-0.2, 0) is 0 Å². The molecule has 1 fully saturated rings. The Morgan fingerprint density at radius 3 is 2.57 bits per heavy atom. The maximum absolute atomic E-state index is 12.3. The van der Waals surface area contributed by atoms with E-state index in [0.717, 1.165) is 29.8 Å². The van der Waals surface area contributed by atoms with Crippen LogP contribution < -0.4 is 5.69 Å². The van der Waals surface area contributed by atoms with Crippen molar-refractivity contribution in [2.24, 2.45) is 11.3 Å². The number of hydrogen-bond acceptors (Lipinski definition) is 2. The number of H-pyrrole nitrogens is 1. The Hall–Kier alpha value is -1.29. The lowest BCUT2D eigenvalue weighted by Gasteiger charge is -2.37. The molecule has 21 heavy (non-hydrogen) atoms. The van der Waals surface area contributed by atoms with Gasteiger partial charge < -0.3 is 4.98 Å². The van der Waals surface area contributed by atoms with Crippen molar-refractivity contribution in [1.82, 2.24) is 14.5 Å². The highest BCUT2D eigenvalue weighted by molar-refractivity contribution is 6.29. The number of rotatable bonds is 1. The summed E-state index contributed by atoms with van der Waals surface area (Å²) in [4.78, 5) is 19.2. The minimum atomic E-state index is -0.0479. The van der Waals surface area contributed by atoms with Gasteiger partial charge in [0, 0.05) is 12.1 Å². The van der Waals surface area contributed by atoms with E-state index < -0.39 is 0 Å². The lowest BCUT2D eigenvalue weighted by atomic mass is 9.71. The van der Waals surface area contributed by atoms with E-state index in [1.807, 2.05) is 4.57 Å². The molecule has 0 amide bonds. The number of imidazole rings is 1. The lowest BCUT2D eigenvalue weighted by Crippen LogP contribution is -2.30. The van der Waals surface area contributed by atoms with Gasteiger partial charge in [0.2, 0.25) is 0 Å². The molecule has 114 valence electrons. The summed E-state index contributed by atoms with van der Waals surface area (Å²) in [6.07, 6.45) is 6.08. The molecule has 3 rings (SSSR count). The maximum atomic E-state index is 12.3. The van der Waals surface area contributed by atoms with Crippen LogP contribution in [0.5, 0.6) is 0 Å². The van der Waals surface area contributed by atoms with Crippen molar-refractivity contribution in [1.29, 1.82) is 0 Å². The van der Waals surface area contributed by atoms with Gasteiger partial charge in [0.15, 0.2) is 0 Å². The van der Waals surface area contributed by atoms with Gasteiger partial charge in [0.25, 0.3) is 0 Å². The Kier molecular flexibility index (Phi) is 3.60. The second-order valence-electron chi connectivity index (χ2n) is 7.20. The Balaban J connectivity index is 1.91. The van der Waals surface area contributed by atoms with E-state index in [1.165, 1.54) is 12.8 Å². The van der Waals surface area contributed by atoms with E-state index in [9.17, 15) is 4.79 Å². The molecule has 4 nitrogen and oxygen atoms in total. The fourth-order valence-corrected chi connectivity index (χ4v) is 3.72. The summed E-state index contributed by atoms with van der Waals surface area (Å²) in [5, 5.41) is 0.429. The fraction of sp³-hybridized carbons (Fsp3) is 0.625. The molecular formula is C16H22ClN3O. The van der Waals surface area contributed by atoms with Crippen LogP contribution in [0.3, 0.4) is 0 Å². The first-order valence-corrected chi connectivity index (χ1v) is 8.00. The maximum Gasteiger partial charge on any atom is 0.326 e. The molecule has 0 unspecified atom stereocenters. The number of halogens is 1. The first kappa shape index (κ1) is 14.6. The predicted octanol–water partition coefficient (Wildman–Crippen LogP) is 4.16. The molecular weight excluding hydrogens is 286 g/mol. The predicted molar refractivity (Wildman–Crippen MR) is 85.8 cm³/mol. The Bertz CT molecular complexity index is 702. The van der Waals surface area contributed by atoms with Gasteiger partial charge in [-0.05, 0) is 37.0 Å². The average Bonchev–Trinajstić information content (AvgIpc) is 2.73. The van der Waals surface area contributed by atoms with Gasteiger partial charge in [-0.25, -0.2) is 9.78 Å². The molecule has 1 N–H and O–H groups in total. The van der Waals surface area contributed by atoms with Crippen molar-refractivity contribution in [3.63, 3.8) is 0 Å². The molecule has 1 aliphatic rings. The Labute approximate surface area is 129 Å².